The van der Waals surface area contributed by atoms with Crippen LogP contribution in [0.5, 0.6) is 0 Å². The molecule has 0 N–H and O–H groups in total. The molecule has 2 bridgehead atoms. The highest BCUT2D eigenvalue weighted by atomic mass is 16.4. The van der Waals surface area contributed by atoms with Gasteiger partial charge in [-0.25, -0.2) is 0 Å². The zero-order valence-corrected chi connectivity index (χ0v) is 7.38. The minimum atomic E-state index is 0.623. The van der Waals surface area contributed by atoms with Gasteiger partial charge in [0, 0.05) is 6.92 Å². The van der Waals surface area contributed by atoms with Crippen LogP contribution in [0.4, 0.5) is 0 Å². The van der Waals surface area contributed by atoms with E-state index in [0.29, 0.717) is 6.92 Å². The van der Waals surface area contributed by atoms with Crippen molar-refractivity contribution in [3.05, 3.63) is 0 Å². The fraction of sp³-hybridized carbons (Fsp3) is 1.00. The molecular formula is C9H17BO-. The Balaban J connectivity index is 2.04. The molecule has 0 aliphatic carbocycles. The Bertz CT molecular complexity index is 116. The monoisotopic (exact) mass is 152 g/mol. The lowest BCUT2D eigenvalue weighted by Gasteiger charge is -2.50. The fourth-order valence-electron chi connectivity index (χ4n) is 3.00. The molecule has 2 heteroatoms. The Kier molecular flexibility index (Phi) is 2.21. The van der Waals surface area contributed by atoms with Gasteiger partial charge in [0.15, 0.2) is 0 Å². The van der Waals surface area contributed by atoms with Gasteiger partial charge in [-0.15, -0.1) is 0 Å². The Morgan fingerprint density at radius 3 is 1.73 bits per heavy atom. The first-order valence-corrected chi connectivity index (χ1v) is 4.94. The highest BCUT2D eigenvalue weighted by Gasteiger charge is 2.27. The number of hydrogen-bond donors (Lipinski definition) is 0. The van der Waals surface area contributed by atoms with Crippen molar-refractivity contribution in [1.29, 1.82) is 0 Å². The second-order valence-corrected chi connectivity index (χ2v) is 4.08. The molecule has 0 spiro atoms. The van der Waals surface area contributed by atoms with Crippen LogP contribution in [0.2, 0.25) is 11.6 Å². The molecule has 1 radical (unpaired) electrons. The first kappa shape index (κ1) is 7.66. The summed E-state index contributed by atoms with van der Waals surface area (Å²) in [4.78, 5) is 0. The van der Waals surface area contributed by atoms with Gasteiger partial charge in [-0.1, -0.05) is 38.5 Å². The summed E-state index contributed by atoms with van der Waals surface area (Å²) in [7, 11) is 1.89. The van der Waals surface area contributed by atoms with Gasteiger partial charge in [0.05, 0.1) is 0 Å². The standard InChI is InChI=1S/C9H17BO/c1-11-10-8-4-2-5-9(10)7-3-6-8/h8-9H,2-7H2,1H3/q-1. The molecule has 2 aliphatic rings. The van der Waals surface area contributed by atoms with E-state index in [2.05, 4.69) is 0 Å². The van der Waals surface area contributed by atoms with Crippen LogP contribution in [0.3, 0.4) is 0 Å². The molecule has 0 aromatic rings. The molecule has 0 amide bonds. The Hall–Kier alpha value is 0.0249. The summed E-state index contributed by atoms with van der Waals surface area (Å²) in [5, 5.41) is 0. The highest BCUT2D eigenvalue weighted by Crippen LogP contribution is 2.46. The van der Waals surface area contributed by atoms with E-state index in [0.717, 1.165) is 11.6 Å². The summed E-state index contributed by atoms with van der Waals surface area (Å²) in [5.41, 5.74) is 0. The van der Waals surface area contributed by atoms with Gasteiger partial charge >= 0.3 is 0 Å². The van der Waals surface area contributed by atoms with Gasteiger partial charge < -0.3 is 4.65 Å². The zero-order chi connectivity index (χ0) is 7.68. The van der Waals surface area contributed by atoms with Crippen LogP contribution in [0, 0.1) is 0 Å². The number of fused-ring (bicyclic) bond motifs is 2. The zero-order valence-electron chi connectivity index (χ0n) is 7.38. The smallest absolute Gasteiger partial charge is 0.00697 e. The van der Waals surface area contributed by atoms with Crippen LogP contribution in [0.25, 0.3) is 0 Å². The van der Waals surface area contributed by atoms with Crippen molar-refractivity contribution in [3.63, 3.8) is 0 Å². The largest absolute Gasteiger partial charge is 0.624 e. The average Bonchev–Trinajstić information content (AvgIpc) is 2.03. The third kappa shape index (κ3) is 1.33. The lowest BCUT2D eigenvalue weighted by atomic mass is 9.38. The van der Waals surface area contributed by atoms with Gasteiger partial charge in [-0.3, -0.25) is 0 Å². The van der Waals surface area contributed by atoms with E-state index in [1.807, 2.05) is 7.11 Å². The summed E-state index contributed by atoms with van der Waals surface area (Å²) in [6.07, 6.45) is 8.61. The van der Waals surface area contributed by atoms with Gasteiger partial charge in [-0.05, 0) is 7.11 Å². The summed E-state index contributed by atoms with van der Waals surface area (Å²) in [5.74, 6) is 1.82. The highest BCUT2D eigenvalue weighted by molar-refractivity contribution is 6.55. The summed E-state index contributed by atoms with van der Waals surface area (Å²) >= 11 is 0. The van der Waals surface area contributed by atoms with Gasteiger partial charge in [0.25, 0.3) is 0 Å². The Morgan fingerprint density at radius 2 is 1.45 bits per heavy atom. The minimum absolute atomic E-state index is 0.623. The number of hydrogen-bond acceptors (Lipinski definition) is 1. The minimum Gasteiger partial charge on any atom is -0.624 e. The third-order valence-corrected chi connectivity index (χ3v) is 3.50. The van der Waals surface area contributed by atoms with E-state index < -0.39 is 0 Å². The van der Waals surface area contributed by atoms with Gasteiger partial charge in [-0.2, -0.15) is 11.6 Å². The quantitative estimate of drug-likeness (QED) is 0.525. The normalized spacial score (nSPS) is 39.0. The van der Waals surface area contributed by atoms with Crippen molar-refractivity contribution in [2.45, 2.75) is 50.2 Å². The van der Waals surface area contributed by atoms with E-state index in [-0.39, 0.29) is 0 Å². The predicted octanol–water partition coefficient (Wildman–Crippen LogP) is 2.73. The van der Waals surface area contributed by atoms with Crippen LogP contribution in [-0.4, -0.2) is 14.0 Å². The van der Waals surface area contributed by atoms with Crippen LogP contribution in [0.1, 0.15) is 38.5 Å². The van der Waals surface area contributed by atoms with E-state index >= 15 is 0 Å². The molecule has 11 heavy (non-hydrogen) atoms. The first-order chi connectivity index (χ1) is 5.42. The second kappa shape index (κ2) is 3.18. The van der Waals surface area contributed by atoms with Gasteiger partial charge in [0.2, 0.25) is 0 Å². The predicted molar refractivity (Wildman–Crippen MR) is 48.0 cm³/mol. The molecule has 0 unspecified atom stereocenters. The van der Waals surface area contributed by atoms with Crippen molar-refractivity contribution >= 4 is 6.92 Å². The van der Waals surface area contributed by atoms with Crippen molar-refractivity contribution < 1.29 is 4.65 Å². The lowest BCUT2D eigenvalue weighted by Crippen LogP contribution is -2.36. The second-order valence-electron chi connectivity index (χ2n) is 4.08. The maximum absolute atomic E-state index is 5.56. The number of rotatable bonds is 1. The SMILES string of the molecule is CO[B-]1C2CCCC1CCC2. The Labute approximate surface area is 69.6 Å². The van der Waals surface area contributed by atoms with Crippen LogP contribution < -0.4 is 0 Å². The average molecular weight is 152 g/mol. The molecule has 2 fully saturated rings. The molecule has 1 nitrogen and oxygen atoms in total. The van der Waals surface area contributed by atoms with E-state index in [9.17, 15) is 0 Å². The van der Waals surface area contributed by atoms with Gasteiger partial charge in [0.1, 0.15) is 0 Å². The molecule has 2 rings (SSSR count). The van der Waals surface area contributed by atoms with Crippen molar-refractivity contribution in [2.24, 2.45) is 0 Å². The maximum atomic E-state index is 5.56. The molecule has 2 aliphatic heterocycles. The van der Waals surface area contributed by atoms with Crippen LogP contribution in [-0.2, 0) is 4.65 Å². The summed E-state index contributed by atoms with van der Waals surface area (Å²) in [6.45, 7) is 0.623. The van der Waals surface area contributed by atoms with Crippen molar-refractivity contribution in [3.8, 4) is 0 Å². The molecule has 0 aromatic carbocycles. The topological polar surface area (TPSA) is 9.23 Å². The molecule has 0 atom stereocenters. The molecule has 63 valence electrons. The van der Waals surface area contributed by atoms with E-state index in [1.165, 1.54) is 38.5 Å². The van der Waals surface area contributed by atoms with Crippen LogP contribution in [0.15, 0.2) is 0 Å². The Morgan fingerprint density at radius 1 is 1.00 bits per heavy atom. The molecule has 0 saturated carbocycles. The molecule has 0 aromatic heterocycles. The molecular weight excluding hydrogens is 135 g/mol. The maximum Gasteiger partial charge on any atom is 0.00697 e. The van der Waals surface area contributed by atoms with Crippen LogP contribution >= 0.6 is 0 Å². The molecule has 2 heterocycles. The van der Waals surface area contributed by atoms with E-state index in [4.69, 9.17) is 4.65 Å². The lowest BCUT2D eigenvalue weighted by molar-refractivity contribution is 0.326. The summed E-state index contributed by atoms with van der Waals surface area (Å²) < 4.78 is 5.56. The molecule has 2 saturated heterocycles. The fourth-order valence-corrected chi connectivity index (χ4v) is 3.00. The first-order valence-electron chi connectivity index (χ1n) is 4.94. The van der Waals surface area contributed by atoms with Crippen molar-refractivity contribution in [2.75, 3.05) is 7.11 Å². The van der Waals surface area contributed by atoms with E-state index in [1.54, 1.807) is 0 Å². The summed E-state index contributed by atoms with van der Waals surface area (Å²) in [6, 6.07) is 0. The van der Waals surface area contributed by atoms with Crippen molar-refractivity contribution in [1.82, 2.24) is 0 Å². The third-order valence-electron chi connectivity index (χ3n) is 3.50.